The fourth-order valence-electron chi connectivity index (χ4n) is 3.96. The van der Waals surface area contributed by atoms with Gasteiger partial charge in [0, 0.05) is 57.2 Å². The summed E-state index contributed by atoms with van der Waals surface area (Å²) in [5.74, 6) is -0.938. The van der Waals surface area contributed by atoms with E-state index in [9.17, 15) is 14.0 Å². The predicted octanol–water partition coefficient (Wildman–Crippen LogP) is 2.31. The number of piperazine rings is 1. The van der Waals surface area contributed by atoms with Gasteiger partial charge in [-0.05, 0) is 42.3 Å². The second-order valence-electron chi connectivity index (χ2n) is 7.76. The molecule has 3 aromatic rings. The van der Waals surface area contributed by atoms with E-state index >= 15 is 0 Å². The molecule has 162 valence electrons. The Hall–Kier alpha value is -3.26. The van der Waals surface area contributed by atoms with Crippen molar-refractivity contribution in [2.45, 2.75) is 19.9 Å². The smallest absolute Gasteiger partial charge is 0.253 e. The highest BCUT2D eigenvalue weighted by atomic mass is 19.1. The van der Waals surface area contributed by atoms with Crippen LogP contribution >= 0.6 is 0 Å². The lowest BCUT2D eigenvalue weighted by atomic mass is 10.1. The first kappa shape index (κ1) is 21.0. The molecule has 0 radical (unpaired) electrons. The highest BCUT2D eigenvalue weighted by molar-refractivity contribution is 5.94. The Balaban J connectivity index is 1.41. The molecule has 0 unspecified atom stereocenters. The van der Waals surface area contributed by atoms with Gasteiger partial charge in [0.2, 0.25) is 0 Å². The van der Waals surface area contributed by atoms with E-state index in [1.807, 2.05) is 25.3 Å². The molecule has 2 aromatic heterocycles. The molecule has 1 aliphatic heterocycles. The van der Waals surface area contributed by atoms with E-state index in [1.54, 1.807) is 6.07 Å². The van der Waals surface area contributed by atoms with Gasteiger partial charge in [-0.1, -0.05) is 6.92 Å². The molecule has 1 aromatic carbocycles. The molecule has 3 heterocycles. The Morgan fingerprint density at radius 1 is 1.19 bits per heavy atom. The lowest BCUT2D eigenvalue weighted by Crippen LogP contribution is -2.46. The standard InChI is InChI=1S/C23H26FN5O2/c1-3-16-11-20-21(27-22(16)30)10-15(13-26-20)14-28-6-8-29(9-7-28)17-4-5-18(19(24)12-17)23(31)25-2/h4-5,10-13H,3,6-9,14H2,1-2H3,(H,25,31)(H,27,30). The number of H-pyrrole nitrogens is 1. The second-order valence-corrected chi connectivity index (χ2v) is 7.76. The number of fused-ring (bicyclic) bond motifs is 1. The molecular weight excluding hydrogens is 397 g/mol. The van der Waals surface area contributed by atoms with Gasteiger partial charge in [-0.25, -0.2) is 4.39 Å². The van der Waals surface area contributed by atoms with E-state index in [0.717, 1.165) is 60.6 Å². The van der Waals surface area contributed by atoms with Crippen molar-refractivity contribution in [3.63, 3.8) is 0 Å². The van der Waals surface area contributed by atoms with Gasteiger partial charge in [0.1, 0.15) is 5.82 Å². The average molecular weight is 423 g/mol. The van der Waals surface area contributed by atoms with Crippen LogP contribution in [-0.2, 0) is 13.0 Å². The summed E-state index contributed by atoms with van der Waals surface area (Å²) in [6.07, 6.45) is 2.54. The molecule has 1 fully saturated rings. The molecule has 0 spiro atoms. The molecule has 4 rings (SSSR count). The second kappa shape index (κ2) is 8.85. The van der Waals surface area contributed by atoms with Crippen molar-refractivity contribution in [2.75, 3.05) is 38.1 Å². The number of aryl methyl sites for hydroxylation is 1. The number of pyridine rings is 2. The number of nitrogens with zero attached hydrogens (tertiary/aromatic N) is 3. The molecule has 8 heteroatoms. The van der Waals surface area contributed by atoms with Gasteiger partial charge < -0.3 is 15.2 Å². The van der Waals surface area contributed by atoms with Gasteiger partial charge in [-0.15, -0.1) is 0 Å². The monoisotopic (exact) mass is 423 g/mol. The van der Waals surface area contributed by atoms with Gasteiger partial charge in [0.25, 0.3) is 11.5 Å². The third-order valence-electron chi connectivity index (χ3n) is 5.77. The summed E-state index contributed by atoms with van der Waals surface area (Å²) in [5, 5.41) is 2.45. The van der Waals surface area contributed by atoms with Crippen molar-refractivity contribution in [1.82, 2.24) is 20.2 Å². The zero-order valence-electron chi connectivity index (χ0n) is 17.7. The highest BCUT2D eigenvalue weighted by Crippen LogP contribution is 2.21. The number of anilines is 1. The van der Waals surface area contributed by atoms with Gasteiger partial charge in [0.15, 0.2) is 0 Å². The number of aromatic nitrogens is 2. The lowest BCUT2D eigenvalue weighted by molar-refractivity contribution is 0.0959. The van der Waals surface area contributed by atoms with E-state index in [2.05, 4.69) is 25.1 Å². The van der Waals surface area contributed by atoms with Crippen LogP contribution < -0.4 is 15.8 Å². The molecule has 1 saturated heterocycles. The third kappa shape index (κ3) is 4.44. The van der Waals surface area contributed by atoms with Crippen LogP contribution in [-0.4, -0.2) is 54.0 Å². The maximum Gasteiger partial charge on any atom is 0.253 e. The molecule has 2 N–H and O–H groups in total. The summed E-state index contributed by atoms with van der Waals surface area (Å²) in [6.45, 7) is 5.85. The maximum absolute atomic E-state index is 14.3. The number of aromatic amines is 1. The van der Waals surface area contributed by atoms with Crippen molar-refractivity contribution in [3.05, 3.63) is 69.4 Å². The van der Waals surface area contributed by atoms with Gasteiger partial charge in [0.05, 0.1) is 16.6 Å². The van der Waals surface area contributed by atoms with Crippen LogP contribution in [0.4, 0.5) is 10.1 Å². The number of halogens is 1. The summed E-state index contributed by atoms with van der Waals surface area (Å²) in [7, 11) is 1.49. The minimum atomic E-state index is -0.512. The van der Waals surface area contributed by atoms with E-state index < -0.39 is 11.7 Å². The molecule has 1 amide bonds. The Bertz CT molecular complexity index is 1170. The molecule has 1 aliphatic rings. The normalized spacial score (nSPS) is 14.7. The molecular formula is C23H26FN5O2. The molecule has 0 atom stereocenters. The van der Waals surface area contributed by atoms with Crippen LogP contribution in [0.2, 0.25) is 0 Å². The van der Waals surface area contributed by atoms with Crippen LogP contribution in [0.1, 0.15) is 28.4 Å². The minimum absolute atomic E-state index is 0.0535. The minimum Gasteiger partial charge on any atom is -0.369 e. The molecule has 0 bridgehead atoms. The van der Waals surface area contributed by atoms with Crippen molar-refractivity contribution < 1.29 is 9.18 Å². The van der Waals surface area contributed by atoms with Gasteiger partial charge in [-0.3, -0.25) is 19.5 Å². The Morgan fingerprint density at radius 3 is 2.65 bits per heavy atom. The quantitative estimate of drug-likeness (QED) is 0.658. The van der Waals surface area contributed by atoms with E-state index in [-0.39, 0.29) is 11.1 Å². The number of benzene rings is 1. The summed E-state index contributed by atoms with van der Waals surface area (Å²) in [5.41, 5.74) is 4.11. The zero-order valence-corrected chi connectivity index (χ0v) is 17.7. The van der Waals surface area contributed by atoms with Crippen LogP contribution in [0.15, 0.2) is 41.3 Å². The summed E-state index contributed by atoms with van der Waals surface area (Å²) in [4.78, 5) is 35.6. The first-order valence-electron chi connectivity index (χ1n) is 10.5. The number of hydrogen-bond donors (Lipinski definition) is 2. The predicted molar refractivity (Wildman–Crippen MR) is 119 cm³/mol. The fourth-order valence-corrected chi connectivity index (χ4v) is 3.96. The Labute approximate surface area is 179 Å². The first-order chi connectivity index (χ1) is 15.0. The van der Waals surface area contributed by atoms with Crippen molar-refractivity contribution in [3.8, 4) is 0 Å². The maximum atomic E-state index is 14.3. The number of carbonyl (C=O) groups is 1. The van der Waals surface area contributed by atoms with Crippen molar-refractivity contribution in [1.29, 1.82) is 0 Å². The molecule has 0 saturated carbocycles. The zero-order chi connectivity index (χ0) is 22.0. The van der Waals surface area contributed by atoms with Gasteiger partial charge in [-0.2, -0.15) is 0 Å². The van der Waals surface area contributed by atoms with Crippen molar-refractivity contribution >= 4 is 22.6 Å². The van der Waals surface area contributed by atoms with E-state index in [4.69, 9.17) is 0 Å². The van der Waals surface area contributed by atoms with Crippen LogP contribution in [0.5, 0.6) is 0 Å². The number of carbonyl (C=O) groups excluding carboxylic acids is 1. The lowest BCUT2D eigenvalue weighted by Gasteiger charge is -2.36. The summed E-state index contributed by atoms with van der Waals surface area (Å²) >= 11 is 0. The Morgan fingerprint density at radius 2 is 1.97 bits per heavy atom. The van der Waals surface area contributed by atoms with Crippen LogP contribution in [0.3, 0.4) is 0 Å². The van der Waals surface area contributed by atoms with Crippen LogP contribution in [0, 0.1) is 5.82 Å². The molecule has 7 nitrogen and oxygen atoms in total. The van der Waals surface area contributed by atoms with Crippen molar-refractivity contribution in [2.24, 2.45) is 0 Å². The van der Waals surface area contributed by atoms with Gasteiger partial charge >= 0.3 is 0 Å². The molecule has 31 heavy (non-hydrogen) atoms. The largest absolute Gasteiger partial charge is 0.369 e. The SMILES string of the molecule is CCc1cc2ncc(CN3CCN(c4ccc(C(=O)NC)c(F)c4)CC3)cc2[nH]c1=O. The number of hydrogen-bond acceptors (Lipinski definition) is 5. The first-order valence-corrected chi connectivity index (χ1v) is 10.5. The number of nitrogens with one attached hydrogen (secondary N) is 2. The third-order valence-corrected chi connectivity index (χ3v) is 5.77. The van der Waals surface area contributed by atoms with E-state index in [0.29, 0.717) is 6.42 Å². The molecule has 0 aliphatic carbocycles. The fraction of sp³-hybridized carbons (Fsp3) is 0.348. The highest BCUT2D eigenvalue weighted by Gasteiger charge is 2.19. The summed E-state index contributed by atoms with van der Waals surface area (Å²) in [6, 6.07) is 8.58. The number of amides is 1. The average Bonchev–Trinajstić information content (AvgIpc) is 2.78. The van der Waals surface area contributed by atoms with E-state index in [1.165, 1.54) is 19.2 Å². The Kier molecular flexibility index (Phi) is 5.99. The van der Waals surface area contributed by atoms with Crippen LogP contribution in [0.25, 0.3) is 11.0 Å². The summed E-state index contributed by atoms with van der Waals surface area (Å²) < 4.78 is 14.3. The number of rotatable bonds is 5. The topological polar surface area (TPSA) is 81.3 Å².